The highest BCUT2D eigenvalue weighted by Crippen LogP contribution is 2.25. The van der Waals surface area contributed by atoms with E-state index in [-0.39, 0.29) is 34.1 Å². The number of ether oxygens (including phenoxy) is 1. The summed E-state index contributed by atoms with van der Waals surface area (Å²) in [6.07, 6.45) is 2.43. The molecule has 0 saturated carbocycles. The van der Waals surface area contributed by atoms with Gasteiger partial charge in [-0.1, -0.05) is 5.16 Å². The second kappa shape index (κ2) is 12.3. The number of β-lactam (4-membered cyclic amide) rings is 1. The minimum atomic E-state index is -4.94. The number of oxime groups is 1. The molecule has 3 aromatic rings. The van der Waals surface area contributed by atoms with Gasteiger partial charge < -0.3 is 26.4 Å². The summed E-state index contributed by atoms with van der Waals surface area (Å²) in [6, 6.07) is 3.52. The van der Waals surface area contributed by atoms with Crippen LogP contribution in [0.2, 0.25) is 0 Å². The number of nitrogen functional groups attached to an aromatic ring is 2. The van der Waals surface area contributed by atoms with E-state index in [0.717, 1.165) is 11.3 Å². The highest BCUT2D eigenvalue weighted by Gasteiger charge is 2.54. The molecule has 3 heterocycles. The molecule has 0 bridgehead atoms. The van der Waals surface area contributed by atoms with Crippen molar-refractivity contribution in [1.82, 2.24) is 29.4 Å². The van der Waals surface area contributed by atoms with Crippen LogP contribution in [0.3, 0.4) is 0 Å². The molecule has 1 fully saturated rings. The number of carbonyl (C=O) groups is 2. The Kier molecular flexibility index (Phi) is 8.86. The van der Waals surface area contributed by atoms with Gasteiger partial charge in [-0.05, 0) is 24.3 Å². The van der Waals surface area contributed by atoms with Gasteiger partial charge in [0.05, 0.1) is 12.6 Å². The Bertz CT molecular complexity index is 1580. The lowest BCUT2D eigenvalue weighted by Crippen LogP contribution is -2.73. The van der Waals surface area contributed by atoms with E-state index in [9.17, 15) is 27.1 Å². The highest BCUT2D eigenvalue weighted by atomic mass is 32.2. The lowest BCUT2D eigenvalue weighted by atomic mass is 9.98. The predicted molar refractivity (Wildman–Crippen MR) is 143 cm³/mol. The molecule has 1 aromatic carbocycles. The number of amidine groups is 1. The van der Waals surface area contributed by atoms with Crippen LogP contribution in [0.25, 0.3) is 0 Å². The smallest absolute Gasteiger partial charge is 0.362 e. The van der Waals surface area contributed by atoms with Gasteiger partial charge in [0.25, 0.3) is 11.8 Å². The number of rotatable bonds is 13. The van der Waals surface area contributed by atoms with Gasteiger partial charge in [0.15, 0.2) is 10.8 Å². The minimum absolute atomic E-state index is 0.0432. The maximum Gasteiger partial charge on any atom is 0.362 e. The number of hydrogen-bond acceptors (Lipinski definition) is 14. The average molecular weight is 625 g/mol. The molecule has 2 amide bonds. The van der Waals surface area contributed by atoms with E-state index >= 15 is 0 Å². The lowest BCUT2D eigenvalue weighted by molar-refractivity contribution is -0.145. The van der Waals surface area contributed by atoms with Crippen molar-refractivity contribution in [3.05, 3.63) is 53.6 Å². The molecule has 21 heteroatoms. The number of amides is 2. The fraction of sp³-hybridized carbons (Fsp3) is 0.250. The van der Waals surface area contributed by atoms with E-state index in [1.165, 1.54) is 34.8 Å². The van der Waals surface area contributed by atoms with Crippen LogP contribution in [-0.2, 0) is 35.8 Å². The van der Waals surface area contributed by atoms with Crippen molar-refractivity contribution in [1.29, 1.82) is 5.41 Å². The Balaban J connectivity index is 1.50. The summed E-state index contributed by atoms with van der Waals surface area (Å²) in [5, 5.41) is 18.9. The number of nitrogens with one attached hydrogen (secondary N) is 2. The summed E-state index contributed by atoms with van der Waals surface area (Å²) in [5.74, 6) is -3.08. The molecular formula is C20H21N10O8PS2. The molecular weight excluding hydrogens is 603 g/mol. The number of nitrogens with two attached hydrogens (primary N) is 2. The molecule has 1 aliphatic heterocycles. The first-order chi connectivity index (χ1) is 19.5. The van der Waals surface area contributed by atoms with Crippen molar-refractivity contribution in [2.24, 2.45) is 10.9 Å². The topological polar surface area (TPSA) is 271 Å². The molecule has 3 atom stereocenters. The summed E-state index contributed by atoms with van der Waals surface area (Å²) < 4.78 is 51.6. The molecule has 0 aliphatic carbocycles. The molecule has 18 nitrogen and oxygen atoms in total. The zero-order valence-corrected chi connectivity index (χ0v) is 23.1. The van der Waals surface area contributed by atoms with E-state index < -0.39 is 54.2 Å². The number of benzene rings is 1. The highest BCUT2D eigenvalue weighted by molar-refractivity contribution is 7.84. The summed E-state index contributed by atoms with van der Waals surface area (Å²) in [5.41, 5.74) is 11.1. The van der Waals surface area contributed by atoms with Gasteiger partial charge in [-0.3, -0.25) is 28.8 Å². The minimum Gasteiger partial charge on any atom is -0.489 e. The normalized spacial score (nSPS) is 18.0. The van der Waals surface area contributed by atoms with Crippen LogP contribution in [0.4, 0.5) is 5.13 Å². The van der Waals surface area contributed by atoms with Gasteiger partial charge in [-0.15, -0.1) is 11.3 Å². The van der Waals surface area contributed by atoms with Gasteiger partial charge in [0.1, 0.15) is 42.6 Å². The Hall–Kier alpha value is -4.52. The quantitative estimate of drug-likeness (QED) is 0.0390. The van der Waals surface area contributed by atoms with Crippen LogP contribution >= 0.6 is 19.8 Å². The maximum absolute atomic E-state index is 13.2. The first-order valence-corrected chi connectivity index (χ1v) is 14.4. The third-order valence-electron chi connectivity index (χ3n) is 5.47. The largest absolute Gasteiger partial charge is 0.489 e. The van der Waals surface area contributed by atoms with Crippen molar-refractivity contribution in [2.75, 3.05) is 12.3 Å². The number of thiazole rings is 1. The zero-order valence-electron chi connectivity index (χ0n) is 20.6. The second-order valence-electron chi connectivity index (χ2n) is 8.17. The third-order valence-corrected chi connectivity index (χ3v) is 7.57. The number of aromatic nitrogens is 4. The fourth-order valence-electron chi connectivity index (χ4n) is 3.56. The van der Waals surface area contributed by atoms with E-state index in [4.69, 9.17) is 26.5 Å². The predicted octanol–water partition coefficient (Wildman–Crippen LogP) is -0.783. The van der Waals surface area contributed by atoms with Crippen molar-refractivity contribution in [3.63, 3.8) is 0 Å². The number of nitrogens with zero attached hydrogens (tertiary/aromatic N) is 6. The average Bonchev–Trinajstić information content (AvgIpc) is 3.60. The van der Waals surface area contributed by atoms with Crippen molar-refractivity contribution in [2.45, 2.75) is 24.5 Å². The van der Waals surface area contributed by atoms with Crippen LogP contribution in [0.5, 0.6) is 5.75 Å². The summed E-state index contributed by atoms with van der Waals surface area (Å²) in [6.45, 7) is -0.503. The number of anilines is 1. The van der Waals surface area contributed by atoms with Crippen LogP contribution in [-0.4, -0.2) is 84.9 Å². The molecule has 2 aromatic heterocycles. The molecule has 41 heavy (non-hydrogen) atoms. The zero-order chi connectivity index (χ0) is 29.7. The Labute approximate surface area is 236 Å². The summed E-state index contributed by atoms with van der Waals surface area (Å²) in [4.78, 5) is 38.8. The van der Waals surface area contributed by atoms with Crippen LogP contribution in [0, 0.1) is 5.41 Å². The molecule has 4 rings (SSSR count). The van der Waals surface area contributed by atoms with Gasteiger partial charge >= 0.3 is 10.3 Å². The molecule has 7 N–H and O–H groups in total. The third kappa shape index (κ3) is 6.98. The van der Waals surface area contributed by atoms with Gasteiger partial charge in [0.2, 0.25) is 14.3 Å². The van der Waals surface area contributed by atoms with Gasteiger partial charge in [-0.2, -0.15) is 13.5 Å². The van der Waals surface area contributed by atoms with E-state index in [1.54, 1.807) is 12.1 Å². The first kappa shape index (κ1) is 29.5. The summed E-state index contributed by atoms with van der Waals surface area (Å²) >= 11 is 0.979. The number of carbonyl (C=O) groups excluding carboxylic acids is 2. The van der Waals surface area contributed by atoms with Crippen molar-refractivity contribution in [3.8, 4) is 5.75 Å². The van der Waals surface area contributed by atoms with Gasteiger partial charge in [0, 0.05) is 10.9 Å². The van der Waals surface area contributed by atoms with E-state index in [1.807, 2.05) is 0 Å². The van der Waals surface area contributed by atoms with Gasteiger partial charge in [-0.25, -0.2) is 14.3 Å². The van der Waals surface area contributed by atoms with Crippen LogP contribution < -0.4 is 21.5 Å². The maximum atomic E-state index is 13.2. The van der Waals surface area contributed by atoms with E-state index in [0.29, 0.717) is 11.3 Å². The molecule has 0 spiro atoms. The van der Waals surface area contributed by atoms with E-state index in [2.05, 4.69) is 25.5 Å². The molecule has 0 radical (unpaired) electrons. The van der Waals surface area contributed by atoms with Crippen molar-refractivity contribution >= 4 is 58.6 Å². The standard InChI is InChI=1S/C20H21N10O8PS2/c21-17(22)10-1-3-11(4-2-10)37-6-14(39-33)38-28-15(12-7-40-20(23)26-12)18(31)27-16-13(5-29-9-24-8-25-29)30(19(16)32)41(34,35)36/h1-4,7-9,13-14,16H,5-6H2,(H3,21,22)(H2,23,26)(H,27,31)(H,34,35,36)/b28-15-/t13-,14-,16+/m1/s1. The molecule has 1 aliphatic rings. The van der Waals surface area contributed by atoms with Crippen molar-refractivity contribution < 1.29 is 36.7 Å². The number of hydrogen-bond donors (Lipinski definition) is 5. The summed E-state index contributed by atoms with van der Waals surface area (Å²) in [7, 11) is -5.49. The Morgan fingerprint density at radius 2 is 2.07 bits per heavy atom. The van der Waals surface area contributed by atoms with Crippen LogP contribution in [0.1, 0.15) is 11.3 Å². The monoisotopic (exact) mass is 624 g/mol. The first-order valence-electron chi connectivity index (χ1n) is 11.3. The fourth-order valence-corrected chi connectivity index (χ4v) is 5.20. The molecule has 1 saturated heterocycles. The Morgan fingerprint density at radius 3 is 2.63 bits per heavy atom. The Morgan fingerprint density at radius 1 is 1.34 bits per heavy atom. The molecule has 216 valence electrons. The molecule has 0 unspecified atom stereocenters. The second-order valence-corrected chi connectivity index (χ2v) is 11.1. The lowest BCUT2D eigenvalue weighted by Gasteiger charge is -2.43. The SMILES string of the molecule is N=C(N)c1ccc(OC[C@H](O/N=C(\C(=O)N[C@@H]2C(=O)N(S(=O)(=O)O)[C@@H]2Cn2cncn2)c2csc(N)n2)P=O)cc1. The van der Waals surface area contributed by atoms with Crippen LogP contribution in [0.15, 0.2) is 47.5 Å².